The van der Waals surface area contributed by atoms with E-state index in [1.165, 1.54) is 0 Å². The third-order valence-electron chi connectivity index (χ3n) is 2.79. The van der Waals surface area contributed by atoms with E-state index in [9.17, 15) is 9.90 Å². The van der Waals surface area contributed by atoms with Crippen molar-refractivity contribution in [1.82, 2.24) is 4.57 Å². The maximum absolute atomic E-state index is 11.6. The molecule has 18 heavy (non-hydrogen) atoms. The number of aliphatic hydroxyl groups is 1. The van der Waals surface area contributed by atoms with Crippen LogP contribution in [0.4, 0.5) is 0 Å². The summed E-state index contributed by atoms with van der Waals surface area (Å²) in [6.45, 7) is 1.97. The number of aliphatic hydroxyl groups excluding tert-OH is 1. The Morgan fingerprint density at radius 3 is 2.94 bits per heavy atom. The summed E-state index contributed by atoms with van der Waals surface area (Å²) in [4.78, 5) is 11.6. The lowest BCUT2D eigenvalue weighted by Gasteiger charge is -2.08. The van der Waals surface area contributed by atoms with Gasteiger partial charge in [-0.05, 0) is 25.1 Å². The van der Waals surface area contributed by atoms with Crippen LogP contribution in [-0.2, 0) is 16.6 Å². The summed E-state index contributed by atoms with van der Waals surface area (Å²) in [5.74, 6) is -0.620. The number of carbonyl (C=O) groups is 1. The van der Waals surface area contributed by atoms with Crippen molar-refractivity contribution in [2.75, 3.05) is 6.61 Å². The number of nitrogens with zero attached hydrogens (tertiary/aromatic N) is 1. The number of halogens is 1. The molecule has 1 unspecified atom stereocenters. The number of benzene rings is 1. The third-order valence-corrected chi connectivity index (χ3v) is 3.28. The van der Waals surface area contributed by atoms with E-state index in [4.69, 9.17) is 4.74 Å². The first-order valence-electron chi connectivity index (χ1n) is 5.63. The van der Waals surface area contributed by atoms with E-state index >= 15 is 0 Å². The second-order valence-corrected chi connectivity index (χ2v) is 4.93. The second kappa shape index (κ2) is 5.12. The molecule has 0 radical (unpaired) electrons. The molecule has 0 spiro atoms. The summed E-state index contributed by atoms with van der Waals surface area (Å²) in [6, 6.07) is 5.73. The zero-order valence-corrected chi connectivity index (χ0v) is 11.8. The standard InChI is InChI=1S/C13H14BrNO3/c1-3-18-13(17)12(16)10-7-15(2)11-5-4-8(14)6-9(10)11/h4-7,12,16H,3H2,1-2H3. The van der Waals surface area contributed by atoms with E-state index in [-0.39, 0.29) is 6.61 Å². The second-order valence-electron chi connectivity index (χ2n) is 4.01. The normalized spacial score (nSPS) is 12.7. The molecule has 0 fully saturated rings. The highest BCUT2D eigenvalue weighted by Crippen LogP contribution is 2.29. The van der Waals surface area contributed by atoms with Gasteiger partial charge in [-0.25, -0.2) is 4.79 Å². The van der Waals surface area contributed by atoms with Crippen LogP contribution in [0, 0.1) is 0 Å². The smallest absolute Gasteiger partial charge is 0.339 e. The summed E-state index contributed by atoms with van der Waals surface area (Å²) in [6.07, 6.45) is 0.501. The summed E-state index contributed by atoms with van der Waals surface area (Å²) in [5, 5.41) is 10.9. The maximum Gasteiger partial charge on any atom is 0.339 e. The highest BCUT2D eigenvalue weighted by molar-refractivity contribution is 9.10. The zero-order valence-electron chi connectivity index (χ0n) is 10.2. The molecule has 0 aliphatic rings. The van der Waals surface area contributed by atoms with Gasteiger partial charge in [-0.2, -0.15) is 0 Å². The van der Waals surface area contributed by atoms with Gasteiger partial charge in [-0.3, -0.25) is 0 Å². The Labute approximate surface area is 113 Å². The van der Waals surface area contributed by atoms with E-state index in [1.54, 1.807) is 13.1 Å². The van der Waals surface area contributed by atoms with Gasteiger partial charge in [0.25, 0.3) is 0 Å². The Kier molecular flexibility index (Phi) is 3.73. The summed E-state index contributed by atoms with van der Waals surface area (Å²) in [5.41, 5.74) is 1.52. The predicted octanol–water partition coefficient (Wildman–Crippen LogP) is 2.54. The molecule has 4 nitrogen and oxygen atoms in total. The zero-order chi connectivity index (χ0) is 13.3. The molecule has 1 N–H and O–H groups in total. The fourth-order valence-electron chi connectivity index (χ4n) is 1.96. The molecule has 2 aromatic rings. The van der Waals surface area contributed by atoms with Crippen molar-refractivity contribution >= 4 is 32.8 Å². The summed E-state index contributed by atoms with van der Waals surface area (Å²) >= 11 is 3.39. The van der Waals surface area contributed by atoms with Crippen molar-refractivity contribution < 1.29 is 14.6 Å². The lowest BCUT2D eigenvalue weighted by atomic mass is 10.1. The Balaban J connectivity index is 2.50. The molecule has 5 heteroatoms. The topological polar surface area (TPSA) is 51.5 Å². The first-order valence-corrected chi connectivity index (χ1v) is 6.43. The van der Waals surface area contributed by atoms with Gasteiger partial charge in [-0.1, -0.05) is 15.9 Å². The minimum absolute atomic E-state index is 0.254. The van der Waals surface area contributed by atoms with Crippen molar-refractivity contribution in [1.29, 1.82) is 0 Å². The van der Waals surface area contributed by atoms with Crippen LogP contribution in [0.1, 0.15) is 18.6 Å². The van der Waals surface area contributed by atoms with Crippen molar-refractivity contribution in [2.45, 2.75) is 13.0 Å². The largest absolute Gasteiger partial charge is 0.464 e. The van der Waals surface area contributed by atoms with Gasteiger partial charge in [-0.15, -0.1) is 0 Å². The Morgan fingerprint density at radius 2 is 2.28 bits per heavy atom. The molecule has 96 valence electrons. The van der Waals surface area contributed by atoms with Crippen LogP contribution in [0.5, 0.6) is 0 Å². The Bertz CT molecular complexity index is 591. The highest BCUT2D eigenvalue weighted by atomic mass is 79.9. The molecule has 2 rings (SSSR count). The number of hydrogen-bond donors (Lipinski definition) is 1. The van der Waals surface area contributed by atoms with Crippen molar-refractivity contribution in [3.05, 3.63) is 34.4 Å². The quantitative estimate of drug-likeness (QED) is 0.886. The molecule has 1 aromatic carbocycles. The minimum Gasteiger partial charge on any atom is -0.464 e. The minimum atomic E-state index is -1.25. The van der Waals surface area contributed by atoms with E-state index in [0.29, 0.717) is 5.56 Å². The summed E-state index contributed by atoms with van der Waals surface area (Å²) < 4.78 is 7.61. The SMILES string of the molecule is CCOC(=O)C(O)c1cn(C)c2ccc(Br)cc12. The fourth-order valence-corrected chi connectivity index (χ4v) is 2.32. The Morgan fingerprint density at radius 1 is 1.56 bits per heavy atom. The predicted molar refractivity (Wildman–Crippen MR) is 72.2 cm³/mol. The van der Waals surface area contributed by atoms with Gasteiger partial charge < -0.3 is 14.4 Å². The summed E-state index contributed by atoms with van der Waals surface area (Å²) in [7, 11) is 1.87. The molecular weight excluding hydrogens is 298 g/mol. The van der Waals surface area contributed by atoms with E-state index in [2.05, 4.69) is 15.9 Å². The molecule has 0 amide bonds. The fraction of sp³-hybridized carbons (Fsp3) is 0.308. The molecule has 0 bridgehead atoms. The Hall–Kier alpha value is -1.33. The number of carbonyl (C=O) groups excluding carboxylic acids is 1. The van der Waals surface area contributed by atoms with Crippen LogP contribution in [0.2, 0.25) is 0 Å². The monoisotopic (exact) mass is 311 g/mol. The number of esters is 1. The van der Waals surface area contributed by atoms with Crippen LogP contribution in [-0.4, -0.2) is 22.2 Å². The van der Waals surface area contributed by atoms with Crippen molar-refractivity contribution in [2.24, 2.45) is 7.05 Å². The molecule has 1 heterocycles. The first-order chi connectivity index (χ1) is 8.54. The van der Waals surface area contributed by atoms with Crippen LogP contribution in [0.3, 0.4) is 0 Å². The molecule has 0 aliphatic carbocycles. The lowest BCUT2D eigenvalue weighted by Crippen LogP contribution is -2.15. The van der Waals surface area contributed by atoms with Crippen LogP contribution < -0.4 is 0 Å². The van der Waals surface area contributed by atoms with Crippen LogP contribution in [0.25, 0.3) is 10.9 Å². The van der Waals surface area contributed by atoms with Gasteiger partial charge in [0, 0.05) is 34.2 Å². The van der Waals surface area contributed by atoms with Crippen molar-refractivity contribution in [3.63, 3.8) is 0 Å². The van der Waals surface area contributed by atoms with E-state index < -0.39 is 12.1 Å². The van der Waals surface area contributed by atoms with Gasteiger partial charge in [0.05, 0.1) is 6.61 Å². The maximum atomic E-state index is 11.6. The molecule has 1 aromatic heterocycles. The van der Waals surface area contributed by atoms with Gasteiger partial charge in [0.2, 0.25) is 0 Å². The van der Waals surface area contributed by atoms with Gasteiger partial charge in [0.15, 0.2) is 6.10 Å². The van der Waals surface area contributed by atoms with Crippen molar-refractivity contribution in [3.8, 4) is 0 Å². The lowest BCUT2D eigenvalue weighted by molar-refractivity contribution is -0.153. The number of aromatic nitrogens is 1. The number of aryl methyl sites for hydroxylation is 1. The van der Waals surface area contributed by atoms with E-state index in [0.717, 1.165) is 15.4 Å². The third kappa shape index (κ3) is 2.28. The number of hydrogen-bond acceptors (Lipinski definition) is 3. The molecule has 0 aliphatic heterocycles. The van der Waals surface area contributed by atoms with Gasteiger partial charge >= 0.3 is 5.97 Å². The molecule has 0 saturated carbocycles. The molecule has 1 atom stereocenters. The first kappa shape index (κ1) is 13.1. The molecule has 0 saturated heterocycles. The van der Waals surface area contributed by atoms with Crippen LogP contribution in [0.15, 0.2) is 28.9 Å². The number of fused-ring (bicyclic) bond motifs is 1. The van der Waals surface area contributed by atoms with E-state index in [1.807, 2.05) is 29.8 Å². The van der Waals surface area contributed by atoms with Gasteiger partial charge in [0.1, 0.15) is 0 Å². The van der Waals surface area contributed by atoms with Crippen LogP contribution >= 0.6 is 15.9 Å². The number of ether oxygens (including phenoxy) is 1. The number of rotatable bonds is 3. The average Bonchev–Trinajstić information content (AvgIpc) is 2.65. The highest BCUT2D eigenvalue weighted by Gasteiger charge is 2.22. The molecular formula is C13H14BrNO3. The average molecular weight is 312 g/mol.